The first-order valence-corrected chi connectivity index (χ1v) is 5.52. The molecule has 0 aliphatic rings. The maximum absolute atomic E-state index is 12.1. The summed E-state index contributed by atoms with van der Waals surface area (Å²) in [6.45, 7) is -3.03. The van der Waals surface area contributed by atoms with Crippen molar-refractivity contribution in [2.24, 2.45) is 0 Å². The van der Waals surface area contributed by atoms with Gasteiger partial charge in [-0.1, -0.05) is 27.5 Å². The number of ether oxygens (including phenoxy) is 1. The van der Waals surface area contributed by atoms with Crippen LogP contribution in [0.15, 0.2) is 12.1 Å². The minimum absolute atomic E-state index is 0.0257. The summed E-state index contributed by atoms with van der Waals surface area (Å²) in [7, 11) is 0. The van der Waals surface area contributed by atoms with Crippen LogP contribution >= 0.6 is 27.5 Å². The quantitative estimate of drug-likeness (QED) is 0.865. The van der Waals surface area contributed by atoms with Crippen LogP contribution in [0.4, 0.5) is 8.78 Å². The number of hydrogen-bond donors (Lipinski definition) is 1. The van der Waals surface area contributed by atoms with Crippen LogP contribution in [0.3, 0.4) is 0 Å². The van der Waals surface area contributed by atoms with Crippen molar-refractivity contribution in [1.82, 2.24) is 0 Å². The Morgan fingerprint density at radius 2 is 2.19 bits per heavy atom. The Labute approximate surface area is 103 Å². The molecule has 0 unspecified atom stereocenters. The lowest BCUT2D eigenvalue weighted by Gasteiger charge is -2.11. The highest BCUT2D eigenvalue weighted by Gasteiger charge is 2.18. The molecular formula is C9H6BrClF2O3. The van der Waals surface area contributed by atoms with Gasteiger partial charge in [-0.25, -0.2) is 4.79 Å². The van der Waals surface area contributed by atoms with Gasteiger partial charge in [0.25, 0.3) is 0 Å². The number of benzene rings is 1. The highest BCUT2D eigenvalue weighted by Crippen LogP contribution is 2.30. The van der Waals surface area contributed by atoms with Crippen LogP contribution < -0.4 is 4.74 Å². The SMILES string of the molecule is O=C(O)c1cc(Cl)cc(OC(F)F)c1CBr. The highest BCUT2D eigenvalue weighted by atomic mass is 79.9. The van der Waals surface area contributed by atoms with Crippen molar-refractivity contribution in [2.75, 3.05) is 0 Å². The molecule has 0 amide bonds. The van der Waals surface area contributed by atoms with E-state index in [0.717, 1.165) is 6.07 Å². The van der Waals surface area contributed by atoms with Crippen molar-refractivity contribution in [1.29, 1.82) is 0 Å². The number of aromatic carboxylic acids is 1. The summed E-state index contributed by atoms with van der Waals surface area (Å²) in [6.07, 6.45) is 0. The van der Waals surface area contributed by atoms with Crippen LogP contribution in [0.1, 0.15) is 15.9 Å². The number of carboxylic acid groups (broad SMARTS) is 1. The summed E-state index contributed by atoms with van der Waals surface area (Å²) in [5.74, 6) is -1.49. The molecule has 0 fully saturated rings. The lowest BCUT2D eigenvalue weighted by Crippen LogP contribution is -2.08. The van der Waals surface area contributed by atoms with Crippen LogP contribution in [0.5, 0.6) is 5.75 Å². The first-order valence-electron chi connectivity index (χ1n) is 4.02. The molecule has 0 saturated heterocycles. The summed E-state index contributed by atoms with van der Waals surface area (Å²) in [4.78, 5) is 10.8. The molecule has 0 spiro atoms. The molecule has 7 heteroatoms. The zero-order valence-corrected chi connectivity index (χ0v) is 10.1. The highest BCUT2D eigenvalue weighted by molar-refractivity contribution is 9.08. The molecule has 0 aliphatic heterocycles. The van der Waals surface area contributed by atoms with E-state index >= 15 is 0 Å². The second-order valence-electron chi connectivity index (χ2n) is 2.75. The van der Waals surface area contributed by atoms with E-state index in [2.05, 4.69) is 20.7 Å². The van der Waals surface area contributed by atoms with E-state index in [1.54, 1.807) is 0 Å². The topological polar surface area (TPSA) is 46.5 Å². The summed E-state index contributed by atoms with van der Waals surface area (Å²) in [6, 6.07) is 2.33. The van der Waals surface area contributed by atoms with Gasteiger partial charge in [-0.2, -0.15) is 8.78 Å². The van der Waals surface area contributed by atoms with Gasteiger partial charge in [-0.05, 0) is 12.1 Å². The first kappa shape index (κ1) is 13.2. The fourth-order valence-corrected chi connectivity index (χ4v) is 1.93. The molecule has 0 bridgehead atoms. The molecule has 0 saturated carbocycles. The number of alkyl halides is 3. The predicted octanol–water partition coefficient (Wildman–Crippen LogP) is 3.53. The normalized spacial score (nSPS) is 10.6. The van der Waals surface area contributed by atoms with Crippen molar-refractivity contribution < 1.29 is 23.4 Å². The zero-order valence-electron chi connectivity index (χ0n) is 7.71. The Kier molecular flexibility index (Phi) is 4.49. The van der Waals surface area contributed by atoms with Crippen molar-refractivity contribution in [3.63, 3.8) is 0 Å². The number of halogens is 4. The summed E-state index contributed by atoms with van der Waals surface area (Å²) in [5.41, 5.74) is -0.0442. The van der Waals surface area contributed by atoms with Gasteiger partial charge < -0.3 is 9.84 Å². The van der Waals surface area contributed by atoms with Gasteiger partial charge in [0.15, 0.2) is 0 Å². The average molecular weight is 315 g/mol. The van der Waals surface area contributed by atoms with Crippen LogP contribution in [0.25, 0.3) is 0 Å². The standard InChI is InChI=1S/C9H6BrClF2O3/c10-3-6-5(8(14)15)1-4(11)2-7(6)16-9(12)13/h1-2,9H,3H2,(H,14,15). The molecule has 0 aromatic heterocycles. The Hall–Kier alpha value is -0.880. The summed E-state index contributed by atoms with van der Waals surface area (Å²) < 4.78 is 28.3. The third-order valence-electron chi connectivity index (χ3n) is 1.75. The van der Waals surface area contributed by atoms with Gasteiger partial charge in [0.2, 0.25) is 0 Å². The molecule has 88 valence electrons. The number of rotatable bonds is 4. The maximum Gasteiger partial charge on any atom is 0.387 e. The lowest BCUT2D eigenvalue weighted by atomic mass is 10.1. The van der Waals surface area contributed by atoms with Crippen LogP contribution in [-0.2, 0) is 5.33 Å². The third-order valence-corrected chi connectivity index (χ3v) is 2.53. The third kappa shape index (κ3) is 3.05. The van der Waals surface area contributed by atoms with Crippen molar-refractivity contribution in [3.8, 4) is 5.75 Å². The van der Waals surface area contributed by atoms with E-state index in [1.165, 1.54) is 6.07 Å². The van der Waals surface area contributed by atoms with Gasteiger partial charge in [-0.3, -0.25) is 0 Å². The fourth-order valence-electron chi connectivity index (χ4n) is 1.14. The molecular weight excluding hydrogens is 309 g/mol. The van der Waals surface area contributed by atoms with Crippen molar-refractivity contribution in [3.05, 3.63) is 28.3 Å². The van der Waals surface area contributed by atoms with Gasteiger partial charge in [0.1, 0.15) is 5.75 Å². The van der Waals surface area contributed by atoms with Gasteiger partial charge in [0.05, 0.1) is 5.56 Å². The fraction of sp³-hybridized carbons (Fsp3) is 0.222. The van der Waals surface area contributed by atoms with Crippen LogP contribution in [-0.4, -0.2) is 17.7 Å². The number of carboxylic acids is 1. The van der Waals surface area contributed by atoms with Crippen LogP contribution in [0, 0.1) is 0 Å². The van der Waals surface area contributed by atoms with E-state index in [9.17, 15) is 13.6 Å². The number of hydrogen-bond acceptors (Lipinski definition) is 2. The minimum atomic E-state index is -3.03. The Morgan fingerprint density at radius 3 is 2.62 bits per heavy atom. The molecule has 1 aromatic carbocycles. The molecule has 0 aliphatic carbocycles. The molecule has 1 aromatic rings. The average Bonchev–Trinajstić information content (AvgIpc) is 2.15. The Morgan fingerprint density at radius 1 is 1.56 bits per heavy atom. The zero-order chi connectivity index (χ0) is 12.3. The molecule has 0 radical (unpaired) electrons. The molecule has 0 heterocycles. The second kappa shape index (κ2) is 5.45. The van der Waals surface area contributed by atoms with Crippen molar-refractivity contribution in [2.45, 2.75) is 11.9 Å². The smallest absolute Gasteiger partial charge is 0.387 e. The number of carbonyl (C=O) groups is 1. The Balaban J connectivity index is 3.30. The largest absolute Gasteiger partial charge is 0.478 e. The van der Waals surface area contributed by atoms with E-state index in [-0.39, 0.29) is 27.2 Å². The molecule has 0 atom stereocenters. The van der Waals surface area contributed by atoms with Crippen LogP contribution in [0.2, 0.25) is 5.02 Å². The van der Waals surface area contributed by atoms with E-state index in [0.29, 0.717) is 0 Å². The van der Waals surface area contributed by atoms with E-state index in [1.807, 2.05) is 0 Å². The molecule has 1 N–H and O–H groups in total. The van der Waals surface area contributed by atoms with Gasteiger partial charge in [0, 0.05) is 15.9 Å². The monoisotopic (exact) mass is 314 g/mol. The van der Waals surface area contributed by atoms with Gasteiger partial charge >= 0.3 is 12.6 Å². The molecule has 16 heavy (non-hydrogen) atoms. The Bertz CT molecular complexity index is 412. The molecule has 3 nitrogen and oxygen atoms in total. The second-order valence-corrected chi connectivity index (χ2v) is 3.74. The first-order chi connectivity index (χ1) is 7.45. The summed E-state index contributed by atoms with van der Waals surface area (Å²) in [5, 5.41) is 8.96. The predicted molar refractivity (Wildman–Crippen MR) is 57.7 cm³/mol. The van der Waals surface area contributed by atoms with Gasteiger partial charge in [-0.15, -0.1) is 0 Å². The summed E-state index contributed by atoms with van der Waals surface area (Å²) >= 11 is 8.61. The maximum atomic E-state index is 12.1. The van der Waals surface area contributed by atoms with E-state index in [4.69, 9.17) is 16.7 Å². The van der Waals surface area contributed by atoms with E-state index < -0.39 is 12.6 Å². The van der Waals surface area contributed by atoms with Crippen molar-refractivity contribution >= 4 is 33.5 Å². The molecule has 1 rings (SSSR count). The minimum Gasteiger partial charge on any atom is -0.478 e. The lowest BCUT2D eigenvalue weighted by molar-refractivity contribution is -0.0503.